The van der Waals surface area contributed by atoms with Crippen molar-refractivity contribution in [3.05, 3.63) is 36.7 Å². The molecule has 0 bridgehead atoms. The topological polar surface area (TPSA) is 103 Å². The highest BCUT2D eigenvalue weighted by Gasteiger charge is 2.13. The number of pyridine rings is 1. The molecule has 0 spiro atoms. The Hall–Kier alpha value is -2.48. The second-order valence-corrected chi connectivity index (χ2v) is 4.81. The SMILES string of the molecule is Nc1nsc(NCCc2ncon2)c1-c1cccnc1. The number of rotatable bonds is 5. The van der Waals surface area contributed by atoms with Gasteiger partial charge in [-0.1, -0.05) is 11.2 Å². The second-order valence-electron chi connectivity index (χ2n) is 4.04. The predicted octanol–water partition coefficient (Wildman–Crippen LogP) is 1.82. The number of nitrogen functional groups attached to an aromatic ring is 1. The summed E-state index contributed by atoms with van der Waals surface area (Å²) in [6.45, 7) is 0.675. The molecule has 3 heterocycles. The quantitative estimate of drug-likeness (QED) is 0.738. The molecule has 0 aliphatic heterocycles. The molecule has 0 fully saturated rings. The summed E-state index contributed by atoms with van der Waals surface area (Å²) < 4.78 is 8.88. The molecule has 20 heavy (non-hydrogen) atoms. The van der Waals surface area contributed by atoms with Gasteiger partial charge in [-0.15, -0.1) is 0 Å². The van der Waals surface area contributed by atoms with Crippen molar-refractivity contribution in [2.45, 2.75) is 6.42 Å². The third-order valence-corrected chi connectivity index (χ3v) is 3.53. The van der Waals surface area contributed by atoms with Crippen molar-refractivity contribution in [2.75, 3.05) is 17.6 Å². The third-order valence-electron chi connectivity index (χ3n) is 2.71. The highest BCUT2D eigenvalue weighted by atomic mass is 32.1. The fourth-order valence-electron chi connectivity index (χ4n) is 1.80. The Morgan fingerprint density at radius 3 is 3.10 bits per heavy atom. The van der Waals surface area contributed by atoms with Crippen LogP contribution in [-0.4, -0.2) is 26.0 Å². The van der Waals surface area contributed by atoms with Gasteiger partial charge in [0.05, 0.1) is 5.56 Å². The molecule has 0 radical (unpaired) electrons. The first-order valence-corrected chi connectivity index (χ1v) is 6.76. The lowest BCUT2D eigenvalue weighted by atomic mass is 10.1. The molecule has 0 aromatic carbocycles. The largest absolute Gasteiger partial charge is 0.382 e. The van der Waals surface area contributed by atoms with Crippen molar-refractivity contribution < 1.29 is 4.52 Å². The van der Waals surface area contributed by atoms with Gasteiger partial charge in [0.2, 0.25) is 6.39 Å². The molecular formula is C12H12N6OS. The smallest absolute Gasteiger partial charge is 0.213 e. The maximum atomic E-state index is 5.93. The molecule has 0 saturated carbocycles. The van der Waals surface area contributed by atoms with Gasteiger partial charge < -0.3 is 15.6 Å². The fourth-order valence-corrected chi connectivity index (χ4v) is 2.56. The summed E-state index contributed by atoms with van der Waals surface area (Å²) in [5.41, 5.74) is 7.76. The summed E-state index contributed by atoms with van der Waals surface area (Å²) in [4.78, 5) is 8.07. The summed E-state index contributed by atoms with van der Waals surface area (Å²) in [6, 6.07) is 3.83. The maximum Gasteiger partial charge on any atom is 0.213 e. The second kappa shape index (κ2) is 5.66. The lowest BCUT2D eigenvalue weighted by Crippen LogP contribution is -2.05. The molecule has 0 aliphatic rings. The Morgan fingerprint density at radius 1 is 1.40 bits per heavy atom. The number of aromatic nitrogens is 4. The minimum Gasteiger partial charge on any atom is -0.382 e. The molecule has 7 nitrogen and oxygen atoms in total. The van der Waals surface area contributed by atoms with Gasteiger partial charge in [0.25, 0.3) is 0 Å². The van der Waals surface area contributed by atoms with Crippen LogP contribution in [0.5, 0.6) is 0 Å². The van der Waals surface area contributed by atoms with Crippen molar-refractivity contribution >= 4 is 22.4 Å². The average Bonchev–Trinajstić information content (AvgIpc) is 3.10. The van der Waals surface area contributed by atoms with E-state index >= 15 is 0 Å². The average molecular weight is 288 g/mol. The molecule has 3 aromatic rings. The Balaban J connectivity index is 1.74. The minimum absolute atomic E-state index is 0.505. The first kappa shape index (κ1) is 12.5. The maximum absolute atomic E-state index is 5.93. The van der Waals surface area contributed by atoms with E-state index in [9.17, 15) is 0 Å². The van der Waals surface area contributed by atoms with E-state index < -0.39 is 0 Å². The van der Waals surface area contributed by atoms with Crippen LogP contribution in [0.25, 0.3) is 11.1 Å². The predicted molar refractivity (Wildman–Crippen MR) is 76.2 cm³/mol. The molecule has 3 aromatic heterocycles. The van der Waals surface area contributed by atoms with Gasteiger partial charge in [-0.2, -0.15) is 9.36 Å². The van der Waals surface area contributed by atoms with Crippen LogP contribution < -0.4 is 11.1 Å². The number of hydrogen-bond donors (Lipinski definition) is 2. The molecule has 0 amide bonds. The third kappa shape index (κ3) is 2.59. The van der Waals surface area contributed by atoms with Crippen molar-refractivity contribution in [3.8, 4) is 11.1 Å². The summed E-state index contributed by atoms with van der Waals surface area (Å²) in [7, 11) is 0. The van der Waals surface area contributed by atoms with Crippen LogP contribution in [0.4, 0.5) is 10.8 Å². The molecular weight excluding hydrogens is 276 g/mol. The summed E-state index contributed by atoms with van der Waals surface area (Å²) >= 11 is 1.33. The van der Waals surface area contributed by atoms with Crippen LogP contribution in [0.2, 0.25) is 0 Å². The number of anilines is 2. The zero-order chi connectivity index (χ0) is 13.8. The number of hydrogen-bond acceptors (Lipinski definition) is 8. The van der Waals surface area contributed by atoms with E-state index in [4.69, 9.17) is 5.73 Å². The molecule has 0 unspecified atom stereocenters. The summed E-state index contributed by atoms with van der Waals surface area (Å²) in [5.74, 6) is 1.17. The number of nitrogens with two attached hydrogens (primary N) is 1. The van der Waals surface area contributed by atoms with Gasteiger partial charge in [0.1, 0.15) is 10.8 Å². The molecule has 102 valence electrons. The van der Waals surface area contributed by atoms with E-state index in [1.54, 1.807) is 12.4 Å². The monoisotopic (exact) mass is 288 g/mol. The van der Waals surface area contributed by atoms with Gasteiger partial charge in [0, 0.05) is 30.9 Å². The van der Waals surface area contributed by atoms with Gasteiger partial charge in [-0.05, 0) is 17.6 Å². The molecule has 0 saturated heterocycles. The zero-order valence-electron chi connectivity index (χ0n) is 10.5. The first-order valence-electron chi connectivity index (χ1n) is 5.99. The van der Waals surface area contributed by atoms with E-state index in [0.717, 1.165) is 16.1 Å². The van der Waals surface area contributed by atoms with Crippen molar-refractivity contribution in [1.29, 1.82) is 0 Å². The van der Waals surface area contributed by atoms with E-state index in [-0.39, 0.29) is 0 Å². The lowest BCUT2D eigenvalue weighted by Gasteiger charge is -2.05. The van der Waals surface area contributed by atoms with Crippen molar-refractivity contribution in [1.82, 2.24) is 19.5 Å². The van der Waals surface area contributed by atoms with Gasteiger partial charge in [-0.25, -0.2) is 0 Å². The number of nitrogens with zero attached hydrogens (tertiary/aromatic N) is 4. The van der Waals surface area contributed by atoms with E-state index in [2.05, 4.69) is 29.3 Å². The molecule has 8 heteroatoms. The summed E-state index contributed by atoms with van der Waals surface area (Å²) in [5, 5.41) is 7.97. The van der Waals surface area contributed by atoms with E-state index in [1.807, 2.05) is 12.1 Å². The van der Waals surface area contributed by atoms with E-state index in [1.165, 1.54) is 17.9 Å². The van der Waals surface area contributed by atoms with Gasteiger partial charge in [-0.3, -0.25) is 4.98 Å². The van der Waals surface area contributed by atoms with Crippen molar-refractivity contribution in [2.24, 2.45) is 0 Å². The standard InChI is InChI=1S/C12H12N6OS/c13-11-10(8-2-1-4-14-6-8)12(20-18-11)15-5-3-9-16-7-19-17-9/h1-2,4,6-7,15H,3,5H2,(H2,13,18). The van der Waals surface area contributed by atoms with E-state index in [0.29, 0.717) is 24.6 Å². The van der Waals surface area contributed by atoms with Crippen molar-refractivity contribution in [3.63, 3.8) is 0 Å². The van der Waals surface area contributed by atoms with Gasteiger partial charge >= 0.3 is 0 Å². The van der Waals surface area contributed by atoms with Crippen LogP contribution in [0.15, 0.2) is 35.4 Å². The van der Waals surface area contributed by atoms with Crippen LogP contribution in [0, 0.1) is 0 Å². The normalized spacial score (nSPS) is 10.6. The van der Waals surface area contributed by atoms with Crippen LogP contribution in [-0.2, 0) is 6.42 Å². The molecule has 0 atom stereocenters. The Kier molecular flexibility index (Phi) is 3.55. The minimum atomic E-state index is 0.505. The van der Waals surface area contributed by atoms with Crippen LogP contribution in [0.3, 0.4) is 0 Å². The highest BCUT2D eigenvalue weighted by molar-refractivity contribution is 7.11. The zero-order valence-corrected chi connectivity index (χ0v) is 11.3. The van der Waals surface area contributed by atoms with Crippen LogP contribution >= 0.6 is 11.5 Å². The summed E-state index contributed by atoms with van der Waals surface area (Å²) in [6.07, 6.45) is 5.48. The first-order chi connectivity index (χ1) is 9.84. The Labute approximate surface area is 119 Å². The molecule has 3 rings (SSSR count). The Bertz CT molecular complexity index is 667. The lowest BCUT2D eigenvalue weighted by molar-refractivity contribution is 0.410. The highest BCUT2D eigenvalue weighted by Crippen LogP contribution is 2.36. The Morgan fingerprint density at radius 2 is 2.35 bits per heavy atom. The van der Waals surface area contributed by atoms with Gasteiger partial charge in [0.15, 0.2) is 5.82 Å². The fraction of sp³-hybridized carbons (Fsp3) is 0.167. The molecule has 3 N–H and O–H groups in total. The van der Waals surface area contributed by atoms with Crippen LogP contribution in [0.1, 0.15) is 5.82 Å². The molecule has 0 aliphatic carbocycles. The number of nitrogens with one attached hydrogen (secondary N) is 1.